The molecule has 0 aliphatic heterocycles. The van der Waals surface area contributed by atoms with Gasteiger partial charge in [0.05, 0.1) is 11.8 Å². The lowest BCUT2D eigenvalue weighted by molar-refractivity contribution is -0.158. The molecule has 34 heavy (non-hydrogen) atoms. The second-order valence-corrected chi connectivity index (χ2v) is 8.58. The van der Waals surface area contributed by atoms with Gasteiger partial charge >= 0.3 is 11.9 Å². The SMILES string of the molecule is O=C(O)[C@@H]1C(c2ccccc2)[C@@H](C(=O)Oc2cccc(-c3ccccc3)c2)[C@H]1c1ccccc1. The van der Waals surface area contributed by atoms with Crippen LogP contribution >= 0.6 is 0 Å². The van der Waals surface area contributed by atoms with Crippen LogP contribution in [0.4, 0.5) is 0 Å². The number of carbonyl (C=O) groups excluding carboxylic acids is 1. The highest BCUT2D eigenvalue weighted by atomic mass is 16.5. The van der Waals surface area contributed by atoms with Crippen LogP contribution in [0.25, 0.3) is 11.1 Å². The summed E-state index contributed by atoms with van der Waals surface area (Å²) in [5.41, 5.74) is 3.64. The van der Waals surface area contributed by atoms with Gasteiger partial charge in [0, 0.05) is 11.8 Å². The van der Waals surface area contributed by atoms with Gasteiger partial charge in [0.15, 0.2) is 0 Å². The molecule has 168 valence electrons. The van der Waals surface area contributed by atoms with Gasteiger partial charge in [0.1, 0.15) is 5.75 Å². The first-order valence-corrected chi connectivity index (χ1v) is 11.3. The van der Waals surface area contributed by atoms with Gasteiger partial charge < -0.3 is 9.84 Å². The lowest BCUT2D eigenvalue weighted by Crippen LogP contribution is -2.52. The number of carboxylic acid groups (broad SMARTS) is 1. The predicted molar refractivity (Wildman–Crippen MR) is 130 cm³/mol. The smallest absolute Gasteiger partial charge is 0.315 e. The van der Waals surface area contributed by atoms with Gasteiger partial charge in [-0.1, -0.05) is 103 Å². The van der Waals surface area contributed by atoms with Crippen LogP contribution in [0.2, 0.25) is 0 Å². The normalized spacial score (nSPS) is 21.3. The predicted octanol–water partition coefficient (Wildman–Crippen LogP) is 6.16. The lowest BCUT2D eigenvalue weighted by atomic mass is 9.52. The Morgan fingerprint density at radius 2 is 1.09 bits per heavy atom. The molecule has 0 aromatic heterocycles. The fourth-order valence-corrected chi connectivity index (χ4v) is 5.08. The Kier molecular flexibility index (Phi) is 5.96. The van der Waals surface area contributed by atoms with Crippen LogP contribution in [0.1, 0.15) is 23.0 Å². The molecule has 0 amide bonds. The first-order chi connectivity index (χ1) is 16.6. The molecule has 4 nitrogen and oxygen atoms in total. The third kappa shape index (κ3) is 4.11. The standard InChI is InChI=1S/C30H24O4/c31-29(32)27-25(21-13-6-2-7-14-21)28(26(27)22-15-8-3-9-16-22)30(33)34-24-18-10-17-23(19-24)20-11-4-1-5-12-20/h1-19,25-28H,(H,31,32)/t25-,26?,27-,28-/m0/s1. The summed E-state index contributed by atoms with van der Waals surface area (Å²) in [5.74, 6) is -3.11. The summed E-state index contributed by atoms with van der Waals surface area (Å²) in [5, 5.41) is 10.1. The molecule has 0 bridgehead atoms. The molecule has 1 aliphatic rings. The molecule has 1 N–H and O–H groups in total. The molecule has 1 unspecified atom stereocenters. The fraction of sp³-hybridized carbons (Fsp3) is 0.133. The Labute approximate surface area is 198 Å². The largest absolute Gasteiger partial charge is 0.481 e. The van der Waals surface area contributed by atoms with E-state index in [1.54, 1.807) is 6.07 Å². The number of carboxylic acids is 1. The van der Waals surface area contributed by atoms with E-state index in [1.165, 1.54) is 0 Å². The number of aliphatic carboxylic acids is 1. The van der Waals surface area contributed by atoms with Crippen molar-refractivity contribution >= 4 is 11.9 Å². The van der Waals surface area contributed by atoms with Crippen LogP contribution in [0.15, 0.2) is 115 Å². The van der Waals surface area contributed by atoms with E-state index in [9.17, 15) is 14.7 Å². The minimum Gasteiger partial charge on any atom is -0.481 e. The molecule has 0 saturated heterocycles. The first kappa shape index (κ1) is 21.7. The Hall–Kier alpha value is -4.18. The monoisotopic (exact) mass is 448 g/mol. The van der Waals surface area contributed by atoms with Gasteiger partial charge in [-0.25, -0.2) is 0 Å². The lowest BCUT2D eigenvalue weighted by Gasteiger charge is -2.48. The molecule has 0 spiro atoms. The van der Waals surface area contributed by atoms with Crippen LogP contribution in [-0.4, -0.2) is 17.0 Å². The van der Waals surface area contributed by atoms with Gasteiger partial charge in [-0.15, -0.1) is 0 Å². The Morgan fingerprint density at radius 1 is 0.588 bits per heavy atom. The average Bonchev–Trinajstić information content (AvgIpc) is 2.85. The molecule has 1 fully saturated rings. The quantitative estimate of drug-likeness (QED) is 0.284. The summed E-state index contributed by atoms with van der Waals surface area (Å²) in [6, 6.07) is 36.1. The van der Waals surface area contributed by atoms with E-state index >= 15 is 0 Å². The fourth-order valence-electron chi connectivity index (χ4n) is 5.08. The molecule has 4 aromatic carbocycles. The van der Waals surface area contributed by atoms with Crippen molar-refractivity contribution in [2.75, 3.05) is 0 Å². The second-order valence-electron chi connectivity index (χ2n) is 8.58. The van der Waals surface area contributed by atoms with E-state index in [0.29, 0.717) is 5.75 Å². The topological polar surface area (TPSA) is 63.6 Å². The highest BCUT2D eigenvalue weighted by Crippen LogP contribution is 2.58. The molecule has 1 saturated carbocycles. The number of rotatable bonds is 6. The zero-order chi connectivity index (χ0) is 23.5. The summed E-state index contributed by atoms with van der Waals surface area (Å²) in [6.45, 7) is 0. The van der Waals surface area contributed by atoms with Gasteiger partial charge in [-0.3, -0.25) is 9.59 Å². The Balaban J connectivity index is 1.49. The highest BCUT2D eigenvalue weighted by Gasteiger charge is 2.59. The minimum atomic E-state index is -0.905. The van der Waals surface area contributed by atoms with Crippen LogP contribution < -0.4 is 4.74 Å². The molecular formula is C30H24O4. The van der Waals surface area contributed by atoms with Crippen molar-refractivity contribution in [1.29, 1.82) is 0 Å². The number of ether oxygens (including phenoxy) is 1. The summed E-state index contributed by atoms with van der Waals surface area (Å²) in [4.78, 5) is 25.9. The first-order valence-electron chi connectivity index (χ1n) is 11.3. The third-order valence-corrected chi connectivity index (χ3v) is 6.63. The molecule has 5 rings (SSSR count). The van der Waals surface area contributed by atoms with Gasteiger partial charge in [0.25, 0.3) is 0 Å². The summed E-state index contributed by atoms with van der Waals surface area (Å²) >= 11 is 0. The van der Waals surface area contributed by atoms with Crippen molar-refractivity contribution in [3.8, 4) is 16.9 Å². The van der Waals surface area contributed by atoms with E-state index in [1.807, 2.05) is 109 Å². The van der Waals surface area contributed by atoms with Crippen LogP contribution in [0.5, 0.6) is 5.75 Å². The number of benzene rings is 4. The van der Waals surface area contributed by atoms with E-state index < -0.39 is 35.6 Å². The van der Waals surface area contributed by atoms with Gasteiger partial charge in [-0.05, 0) is 34.4 Å². The maximum absolute atomic E-state index is 13.6. The number of esters is 1. The molecular weight excluding hydrogens is 424 g/mol. The van der Waals surface area contributed by atoms with Crippen LogP contribution in [0.3, 0.4) is 0 Å². The molecule has 4 atom stereocenters. The summed E-state index contributed by atoms with van der Waals surface area (Å²) < 4.78 is 5.88. The van der Waals surface area contributed by atoms with Crippen molar-refractivity contribution in [2.24, 2.45) is 11.8 Å². The third-order valence-electron chi connectivity index (χ3n) is 6.63. The maximum atomic E-state index is 13.6. The van der Waals surface area contributed by atoms with Gasteiger partial charge in [0.2, 0.25) is 0 Å². The van der Waals surface area contributed by atoms with Crippen molar-refractivity contribution in [3.63, 3.8) is 0 Å². The van der Waals surface area contributed by atoms with Crippen molar-refractivity contribution in [1.82, 2.24) is 0 Å². The van der Waals surface area contributed by atoms with E-state index in [4.69, 9.17) is 4.74 Å². The highest BCUT2D eigenvalue weighted by molar-refractivity contribution is 5.86. The molecule has 4 aromatic rings. The zero-order valence-corrected chi connectivity index (χ0v) is 18.5. The minimum absolute atomic E-state index is 0.412. The number of carbonyl (C=O) groups is 2. The summed E-state index contributed by atoms with van der Waals surface area (Å²) in [7, 11) is 0. The zero-order valence-electron chi connectivity index (χ0n) is 18.5. The van der Waals surface area contributed by atoms with E-state index in [0.717, 1.165) is 22.3 Å². The molecule has 1 aliphatic carbocycles. The Bertz CT molecular complexity index is 1240. The molecule has 0 heterocycles. The average molecular weight is 449 g/mol. The molecule has 4 heteroatoms. The van der Waals surface area contributed by atoms with E-state index in [-0.39, 0.29) is 0 Å². The summed E-state index contributed by atoms with van der Waals surface area (Å²) in [6.07, 6.45) is 0. The Morgan fingerprint density at radius 3 is 1.62 bits per heavy atom. The van der Waals surface area contributed by atoms with E-state index in [2.05, 4.69) is 0 Å². The van der Waals surface area contributed by atoms with Gasteiger partial charge in [-0.2, -0.15) is 0 Å². The van der Waals surface area contributed by atoms with Crippen molar-refractivity contribution < 1.29 is 19.4 Å². The number of hydrogen-bond donors (Lipinski definition) is 1. The number of hydrogen-bond acceptors (Lipinski definition) is 3. The van der Waals surface area contributed by atoms with Crippen molar-refractivity contribution in [2.45, 2.75) is 11.8 Å². The van der Waals surface area contributed by atoms with Crippen molar-refractivity contribution in [3.05, 3.63) is 126 Å². The van der Waals surface area contributed by atoms with Crippen LogP contribution in [0, 0.1) is 11.8 Å². The van der Waals surface area contributed by atoms with Crippen LogP contribution in [-0.2, 0) is 9.59 Å². The second kappa shape index (κ2) is 9.36. The maximum Gasteiger partial charge on any atom is 0.315 e. The molecule has 0 radical (unpaired) electrons.